The van der Waals surface area contributed by atoms with Gasteiger partial charge in [-0.15, -0.1) is 24.8 Å². The zero-order valence-corrected chi connectivity index (χ0v) is 17.2. The maximum absolute atomic E-state index is 13.1. The number of fused-ring (bicyclic) bond motifs is 1. The molecule has 0 spiro atoms. The Balaban J connectivity index is 0.00000131. The average Bonchev–Trinajstić information content (AvgIpc) is 3.04. The van der Waals surface area contributed by atoms with Crippen molar-refractivity contribution in [1.82, 2.24) is 19.6 Å². The molecule has 1 unspecified atom stereocenters. The number of aromatic nitrogens is 2. The van der Waals surface area contributed by atoms with Gasteiger partial charge in [0, 0.05) is 37.1 Å². The maximum atomic E-state index is 13.1. The molecule has 144 valence electrons. The highest BCUT2D eigenvalue weighted by molar-refractivity contribution is 6.30. The summed E-state index contributed by atoms with van der Waals surface area (Å²) >= 11 is 6.14. The molecule has 1 amide bonds. The van der Waals surface area contributed by atoms with Crippen LogP contribution in [0.15, 0.2) is 48.8 Å². The number of nitrogens with one attached hydrogen (secondary N) is 1. The molecule has 1 aliphatic rings. The van der Waals surface area contributed by atoms with Gasteiger partial charge in [0.1, 0.15) is 11.3 Å². The van der Waals surface area contributed by atoms with E-state index in [1.54, 1.807) is 6.20 Å². The van der Waals surface area contributed by atoms with Crippen molar-refractivity contribution >= 4 is 48.0 Å². The molecule has 1 saturated heterocycles. The second kappa shape index (κ2) is 8.93. The Morgan fingerprint density at radius 2 is 2.07 bits per heavy atom. The Hall–Kier alpha value is -1.79. The van der Waals surface area contributed by atoms with Crippen molar-refractivity contribution in [3.05, 3.63) is 70.6 Å². The van der Waals surface area contributed by atoms with E-state index in [4.69, 9.17) is 11.6 Å². The number of halogens is 3. The number of carbonyl (C=O) groups is 1. The summed E-state index contributed by atoms with van der Waals surface area (Å²) in [5.41, 5.74) is 3.42. The highest BCUT2D eigenvalue weighted by atomic mass is 35.5. The number of pyridine rings is 1. The van der Waals surface area contributed by atoms with E-state index >= 15 is 0 Å². The zero-order valence-electron chi connectivity index (χ0n) is 14.8. The van der Waals surface area contributed by atoms with E-state index in [0.29, 0.717) is 23.8 Å². The summed E-state index contributed by atoms with van der Waals surface area (Å²) in [5, 5.41) is 4.04. The van der Waals surface area contributed by atoms with Crippen LogP contribution in [0.25, 0.3) is 5.65 Å². The minimum atomic E-state index is -0.0495. The van der Waals surface area contributed by atoms with Gasteiger partial charge in [-0.1, -0.05) is 23.7 Å². The molecule has 0 bridgehead atoms. The van der Waals surface area contributed by atoms with Gasteiger partial charge in [-0.05, 0) is 42.3 Å². The maximum Gasteiger partial charge on any atom is 0.274 e. The Labute approximate surface area is 175 Å². The molecular weight excluding hydrogens is 407 g/mol. The van der Waals surface area contributed by atoms with Gasteiger partial charge >= 0.3 is 0 Å². The van der Waals surface area contributed by atoms with Gasteiger partial charge in [-0.25, -0.2) is 4.98 Å². The van der Waals surface area contributed by atoms with Gasteiger partial charge in [0.25, 0.3) is 5.91 Å². The van der Waals surface area contributed by atoms with E-state index in [-0.39, 0.29) is 36.8 Å². The molecule has 1 aromatic carbocycles. The molecule has 1 fully saturated rings. The molecule has 8 heteroatoms. The molecule has 0 radical (unpaired) electrons. The summed E-state index contributed by atoms with van der Waals surface area (Å²) in [6.07, 6.45) is 3.73. The quantitative estimate of drug-likeness (QED) is 0.674. The summed E-state index contributed by atoms with van der Waals surface area (Å²) < 4.78 is 1.89. The van der Waals surface area contributed by atoms with E-state index in [2.05, 4.69) is 10.3 Å². The van der Waals surface area contributed by atoms with Gasteiger partial charge in [-0.2, -0.15) is 0 Å². The molecular formula is C19H21Cl3N4O. The number of imidazole rings is 1. The molecule has 1 atom stereocenters. The number of benzene rings is 1. The molecule has 3 heterocycles. The first-order chi connectivity index (χ1) is 12.1. The monoisotopic (exact) mass is 426 g/mol. The van der Waals surface area contributed by atoms with E-state index in [9.17, 15) is 4.79 Å². The predicted molar refractivity (Wildman–Crippen MR) is 113 cm³/mol. The Morgan fingerprint density at radius 3 is 2.85 bits per heavy atom. The molecule has 1 aliphatic heterocycles. The summed E-state index contributed by atoms with van der Waals surface area (Å²) in [4.78, 5) is 19.5. The van der Waals surface area contributed by atoms with E-state index in [0.717, 1.165) is 23.3 Å². The smallest absolute Gasteiger partial charge is 0.274 e. The van der Waals surface area contributed by atoms with Crippen LogP contribution >= 0.6 is 36.4 Å². The van der Waals surface area contributed by atoms with Crippen molar-refractivity contribution in [3.63, 3.8) is 0 Å². The second-order valence-corrected chi connectivity index (χ2v) is 6.81. The summed E-state index contributed by atoms with van der Waals surface area (Å²) in [5.74, 6) is -0.0483. The topological polar surface area (TPSA) is 49.6 Å². The van der Waals surface area contributed by atoms with Crippen molar-refractivity contribution in [2.24, 2.45) is 0 Å². The van der Waals surface area contributed by atoms with Crippen LogP contribution in [0.5, 0.6) is 0 Å². The fourth-order valence-electron chi connectivity index (χ4n) is 3.29. The third kappa shape index (κ3) is 4.38. The minimum Gasteiger partial charge on any atom is -0.328 e. The number of hydrogen-bond donors (Lipinski definition) is 1. The van der Waals surface area contributed by atoms with Crippen molar-refractivity contribution < 1.29 is 4.79 Å². The fourth-order valence-corrected chi connectivity index (χ4v) is 3.49. The highest BCUT2D eigenvalue weighted by Gasteiger charge is 2.30. The van der Waals surface area contributed by atoms with E-state index in [1.807, 2.05) is 58.8 Å². The Morgan fingerprint density at radius 1 is 1.26 bits per heavy atom. The zero-order chi connectivity index (χ0) is 17.4. The molecule has 2 aromatic heterocycles. The Kier molecular flexibility index (Phi) is 7.12. The molecule has 5 nitrogen and oxygen atoms in total. The van der Waals surface area contributed by atoms with Gasteiger partial charge in [0.2, 0.25) is 0 Å². The van der Waals surface area contributed by atoms with Crippen LogP contribution < -0.4 is 5.32 Å². The van der Waals surface area contributed by atoms with Crippen LogP contribution in [0.1, 0.15) is 27.7 Å². The summed E-state index contributed by atoms with van der Waals surface area (Å²) in [6, 6.07) is 11.6. The van der Waals surface area contributed by atoms with Crippen LogP contribution in [0.4, 0.5) is 0 Å². The van der Waals surface area contributed by atoms with Crippen LogP contribution in [-0.2, 0) is 0 Å². The van der Waals surface area contributed by atoms with Gasteiger partial charge in [-0.3, -0.25) is 4.79 Å². The van der Waals surface area contributed by atoms with Crippen molar-refractivity contribution in [2.75, 3.05) is 19.6 Å². The number of hydrogen-bond acceptors (Lipinski definition) is 3. The number of piperazine rings is 1. The van der Waals surface area contributed by atoms with Crippen LogP contribution in [0, 0.1) is 6.92 Å². The largest absolute Gasteiger partial charge is 0.328 e. The lowest BCUT2D eigenvalue weighted by Gasteiger charge is -2.36. The summed E-state index contributed by atoms with van der Waals surface area (Å²) in [6.45, 7) is 4.14. The third-order valence-corrected chi connectivity index (χ3v) is 4.81. The summed E-state index contributed by atoms with van der Waals surface area (Å²) in [7, 11) is 0. The normalized spacial score (nSPS) is 16.5. The van der Waals surface area contributed by atoms with Crippen LogP contribution in [0.2, 0.25) is 5.02 Å². The van der Waals surface area contributed by atoms with Crippen molar-refractivity contribution in [1.29, 1.82) is 0 Å². The van der Waals surface area contributed by atoms with Crippen molar-refractivity contribution in [3.8, 4) is 0 Å². The standard InChI is InChI=1S/C19H19ClN4O.2ClH/c1-13-5-7-23-12-16(22-18(23)9-13)19(25)24-8-6-21-11-17(24)14-3-2-4-15(20)10-14;;/h2-5,7,9-10,12,17,21H,6,8,11H2,1H3;2*1H. The minimum absolute atomic E-state index is 0. The number of aryl methyl sites for hydroxylation is 1. The molecule has 3 aromatic rings. The second-order valence-electron chi connectivity index (χ2n) is 6.37. The van der Waals surface area contributed by atoms with Gasteiger partial charge in [0.15, 0.2) is 0 Å². The third-order valence-electron chi connectivity index (χ3n) is 4.57. The van der Waals surface area contributed by atoms with Crippen LogP contribution in [-0.4, -0.2) is 39.8 Å². The van der Waals surface area contributed by atoms with E-state index in [1.165, 1.54) is 0 Å². The lowest BCUT2D eigenvalue weighted by Crippen LogP contribution is -2.48. The van der Waals surface area contributed by atoms with Crippen molar-refractivity contribution in [2.45, 2.75) is 13.0 Å². The van der Waals surface area contributed by atoms with Crippen LogP contribution in [0.3, 0.4) is 0 Å². The molecule has 27 heavy (non-hydrogen) atoms. The average molecular weight is 428 g/mol. The molecule has 4 rings (SSSR count). The SMILES string of the molecule is Cc1ccn2cc(C(=O)N3CCNCC3c3cccc(Cl)c3)nc2c1.Cl.Cl. The van der Waals surface area contributed by atoms with Gasteiger partial charge < -0.3 is 14.6 Å². The van der Waals surface area contributed by atoms with E-state index < -0.39 is 0 Å². The first-order valence-corrected chi connectivity index (χ1v) is 8.72. The number of rotatable bonds is 2. The number of nitrogens with zero attached hydrogens (tertiary/aromatic N) is 3. The fraction of sp³-hybridized carbons (Fsp3) is 0.263. The molecule has 1 N–H and O–H groups in total. The highest BCUT2D eigenvalue weighted by Crippen LogP contribution is 2.26. The predicted octanol–water partition coefficient (Wildman–Crippen LogP) is 3.93. The molecule has 0 saturated carbocycles. The lowest BCUT2D eigenvalue weighted by atomic mass is 10.0. The van der Waals surface area contributed by atoms with Gasteiger partial charge in [0.05, 0.1) is 6.04 Å². The first kappa shape index (κ1) is 21.5. The lowest BCUT2D eigenvalue weighted by molar-refractivity contribution is 0.0629. The molecule has 0 aliphatic carbocycles. The first-order valence-electron chi connectivity index (χ1n) is 8.34. The number of amides is 1. The number of carbonyl (C=O) groups excluding carboxylic acids is 1. The Bertz CT molecular complexity index is 944.